The van der Waals surface area contributed by atoms with E-state index in [1.807, 2.05) is 5.38 Å². The van der Waals surface area contributed by atoms with E-state index in [0.717, 1.165) is 17.1 Å². The molecule has 1 rings (SSSR count). The van der Waals surface area contributed by atoms with Crippen molar-refractivity contribution in [3.63, 3.8) is 0 Å². The minimum absolute atomic E-state index is 0.0182. The van der Waals surface area contributed by atoms with Crippen molar-refractivity contribution in [2.75, 3.05) is 12.4 Å². The van der Waals surface area contributed by atoms with Gasteiger partial charge in [0.1, 0.15) is 5.88 Å². The summed E-state index contributed by atoms with van der Waals surface area (Å²) < 4.78 is 0. The average molecular weight is 261 g/mol. The molecular weight excluding hydrogens is 244 g/mol. The van der Waals surface area contributed by atoms with Gasteiger partial charge in [-0.05, 0) is 0 Å². The number of aromatic nitrogens is 1. The Morgan fingerprint density at radius 2 is 2.25 bits per heavy atom. The lowest BCUT2D eigenvalue weighted by molar-refractivity contribution is -0.118. The molecule has 1 heterocycles. The number of carbonyl (C=O) groups is 1. The van der Waals surface area contributed by atoms with Crippen LogP contribution < -0.4 is 5.32 Å². The van der Waals surface area contributed by atoms with Crippen LogP contribution in [-0.2, 0) is 16.6 Å². The van der Waals surface area contributed by atoms with Gasteiger partial charge in [0.25, 0.3) is 0 Å². The van der Waals surface area contributed by atoms with Crippen LogP contribution in [-0.4, -0.2) is 23.3 Å². The molecule has 0 spiro atoms. The van der Waals surface area contributed by atoms with Crippen LogP contribution >= 0.6 is 22.9 Å². The summed E-state index contributed by atoms with van der Waals surface area (Å²) in [7, 11) is 0. The number of carbonyl (C=O) groups excluding carboxylic acids is 1. The van der Waals surface area contributed by atoms with E-state index in [1.54, 1.807) is 11.3 Å². The first-order chi connectivity index (χ1) is 7.43. The summed E-state index contributed by atoms with van der Waals surface area (Å²) in [6, 6.07) is 0. The predicted octanol–water partition coefficient (Wildman–Crippen LogP) is 2.34. The molecule has 0 aliphatic heterocycles. The lowest BCUT2D eigenvalue weighted by atomic mass is 9.98. The van der Waals surface area contributed by atoms with Crippen molar-refractivity contribution in [2.45, 2.75) is 32.6 Å². The molecule has 0 aliphatic carbocycles. The number of amides is 1. The number of nitrogens with zero attached hydrogens (tertiary/aromatic N) is 1. The van der Waals surface area contributed by atoms with Crippen LogP contribution in [0.3, 0.4) is 0 Å². The van der Waals surface area contributed by atoms with Gasteiger partial charge in [-0.1, -0.05) is 20.8 Å². The Balaban J connectivity index is 2.44. The van der Waals surface area contributed by atoms with Gasteiger partial charge in [-0.3, -0.25) is 4.79 Å². The molecule has 0 atom stereocenters. The van der Waals surface area contributed by atoms with E-state index in [2.05, 4.69) is 31.1 Å². The standard InChI is InChI=1S/C11H17ClN2OS/c1-11(2,3)10-14-8(7-16-10)4-5-13-9(15)6-12/h7H,4-6H2,1-3H3,(H,13,15). The molecule has 0 bridgehead atoms. The lowest BCUT2D eigenvalue weighted by Gasteiger charge is -2.13. The Labute approximate surface area is 105 Å². The maximum absolute atomic E-state index is 10.9. The van der Waals surface area contributed by atoms with Crippen molar-refractivity contribution in [1.29, 1.82) is 0 Å². The van der Waals surface area contributed by atoms with E-state index in [0.29, 0.717) is 6.54 Å². The smallest absolute Gasteiger partial charge is 0.234 e. The van der Waals surface area contributed by atoms with Gasteiger partial charge in [0.15, 0.2) is 0 Å². The highest BCUT2D eigenvalue weighted by Gasteiger charge is 2.17. The van der Waals surface area contributed by atoms with Crippen LogP contribution in [0, 0.1) is 0 Å². The van der Waals surface area contributed by atoms with Crippen LogP contribution in [0.25, 0.3) is 0 Å². The molecule has 5 heteroatoms. The zero-order chi connectivity index (χ0) is 12.2. The number of hydrogen-bond acceptors (Lipinski definition) is 3. The Bertz CT molecular complexity index is 357. The zero-order valence-corrected chi connectivity index (χ0v) is 11.4. The molecule has 1 N–H and O–H groups in total. The topological polar surface area (TPSA) is 42.0 Å². The third-order valence-corrected chi connectivity index (χ3v) is 3.58. The summed E-state index contributed by atoms with van der Waals surface area (Å²) in [6.07, 6.45) is 0.759. The monoisotopic (exact) mass is 260 g/mol. The first kappa shape index (κ1) is 13.5. The minimum Gasteiger partial charge on any atom is -0.355 e. The molecule has 0 fully saturated rings. The predicted molar refractivity (Wildman–Crippen MR) is 68.2 cm³/mol. The minimum atomic E-state index is -0.132. The van der Waals surface area contributed by atoms with Gasteiger partial charge in [-0.2, -0.15) is 0 Å². The highest BCUT2D eigenvalue weighted by molar-refractivity contribution is 7.09. The molecule has 0 aliphatic rings. The second-order valence-electron chi connectivity index (χ2n) is 4.63. The van der Waals surface area contributed by atoms with Gasteiger partial charge in [0.2, 0.25) is 5.91 Å². The molecule has 0 saturated heterocycles. The molecule has 90 valence electrons. The van der Waals surface area contributed by atoms with Crippen molar-refractivity contribution in [3.05, 3.63) is 16.1 Å². The van der Waals surface area contributed by atoms with Crippen LogP contribution in [0.5, 0.6) is 0 Å². The highest BCUT2D eigenvalue weighted by atomic mass is 35.5. The Morgan fingerprint density at radius 1 is 1.56 bits per heavy atom. The van der Waals surface area contributed by atoms with Crippen molar-refractivity contribution < 1.29 is 4.79 Å². The van der Waals surface area contributed by atoms with E-state index in [-0.39, 0.29) is 17.2 Å². The molecule has 1 amide bonds. The third-order valence-electron chi connectivity index (χ3n) is 2.02. The molecular formula is C11H17ClN2OS. The lowest BCUT2D eigenvalue weighted by Crippen LogP contribution is -2.26. The largest absolute Gasteiger partial charge is 0.355 e. The number of halogens is 1. The zero-order valence-electron chi connectivity index (χ0n) is 9.84. The van der Waals surface area contributed by atoms with Crippen molar-refractivity contribution in [3.8, 4) is 0 Å². The third kappa shape index (κ3) is 4.10. The Morgan fingerprint density at radius 3 is 2.75 bits per heavy atom. The van der Waals surface area contributed by atoms with Gasteiger partial charge in [0, 0.05) is 23.8 Å². The first-order valence-corrected chi connectivity index (χ1v) is 6.62. The molecule has 1 aromatic rings. The molecule has 16 heavy (non-hydrogen) atoms. The van der Waals surface area contributed by atoms with Gasteiger partial charge >= 0.3 is 0 Å². The van der Waals surface area contributed by atoms with Gasteiger partial charge < -0.3 is 5.32 Å². The number of alkyl halides is 1. The summed E-state index contributed by atoms with van der Waals surface area (Å²) in [5, 5.41) is 5.90. The molecule has 1 aromatic heterocycles. The van der Waals surface area contributed by atoms with Crippen LogP contribution in [0.4, 0.5) is 0 Å². The van der Waals surface area contributed by atoms with E-state index in [1.165, 1.54) is 0 Å². The Hall–Kier alpha value is -0.610. The number of rotatable bonds is 4. The second-order valence-corrected chi connectivity index (χ2v) is 5.75. The van der Waals surface area contributed by atoms with E-state index in [9.17, 15) is 4.79 Å². The molecule has 3 nitrogen and oxygen atoms in total. The van der Waals surface area contributed by atoms with E-state index < -0.39 is 0 Å². The summed E-state index contributed by atoms with van der Waals surface area (Å²) >= 11 is 7.04. The quantitative estimate of drug-likeness (QED) is 0.845. The van der Waals surface area contributed by atoms with E-state index >= 15 is 0 Å². The summed E-state index contributed by atoms with van der Waals surface area (Å²) in [4.78, 5) is 15.4. The number of nitrogens with one attached hydrogen (secondary N) is 1. The van der Waals surface area contributed by atoms with Gasteiger partial charge in [-0.15, -0.1) is 22.9 Å². The SMILES string of the molecule is CC(C)(C)c1nc(CCNC(=O)CCl)cs1. The van der Waals surface area contributed by atoms with Gasteiger partial charge in [0.05, 0.1) is 10.7 Å². The average Bonchev–Trinajstić information content (AvgIpc) is 2.65. The van der Waals surface area contributed by atoms with Crippen LogP contribution in [0.15, 0.2) is 5.38 Å². The summed E-state index contributed by atoms with van der Waals surface area (Å²) in [5.41, 5.74) is 1.13. The van der Waals surface area contributed by atoms with E-state index in [4.69, 9.17) is 11.6 Å². The van der Waals surface area contributed by atoms with Crippen LogP contribution in [0.2, 0.25) is 0 Å². The van der Waals surface area contributed by atoms with Gasteiger partial charge in [-0.25, -0.2) is 4.98 Å². The van der Waals surface area contributed by atoms with Crippen molar-refractivity contribution in [1.82, 2.24) is 10.3 Å². The molecule has 0 saturated carbocycles. The maximum atomic E-state index is 10.9. The summed E-state index contributed by atoms with van der Waals surface area (Å²) in [6.45, 7) is 7.03. The normalized spacial score (nSPS) is 11.5. The first-order valence-electron chi connectivity index (χ1n) is 5.21. The second kappa shape index (κ2) is 5.64. The number of hydrogen-bond donors (Lipinski definition) is 1. The summed E-state index contributed by atoms with van der Waals surface area (Å²) in [5.74, 6) is -0.113. The Kier molecular flexibility index (Phi) is 4.74. The number of thiazole rings is 1. The van der Waals surface area contributed by atoms with Crippen molar-refractivity contribution in [2.24, 2.45) is 0 Å². The maximum Gasteiger partial charge on any atom is 0.234 e. The fourth-order valence-corrected chi connectivity index (χ4v) is 2.18. The fraction of sp³-hybridized carbons (Fsp3) is 0.636. The molecule has 0 radical (unpaired) electrons. The fourth-order valence-electron chi connectivity index (χ4n) is 1.14. The van der Waals surface area contributed by atoms with Crippen molar-refractivity contribution >= 4 is 28.8 Å². The molecule has 0 aromatic carbocycles. The van der Waals surface area contributed by atoms with Crippen LogP contribution in [0.1, 0.15) is 31.5 Å². The molecule has 0 unspecified atom stereocenters. The highest BCUT2D eigenvalue weighted by Crippen LogP contribution is 2.25.